The third-order valence-electron chi connectivity index (χ3n) is 5.52. The van der Waals surface area contributed by atoms with Gasteiger partial charge in [-0.3, -0.25) is 9.59 Å². The lowest BCUT2D eigenvalue weighted by molar-refractivity contribution is -0.142. The molecule has 2 heterocycles. The molecule has 1 aromatic carbocycles. The standard InChI is InChI=1S/C24H27N3O3S2/c1-2-30-22(29)13-19-14-32-24(25-19)27-21(28)15-31-23-18(11-16-7-3-4-8-16)12-17-9-5-6-10-20(17)26-23/h5-6,9-10,12,14,16H,2-4,7-8,11,13,15H2,1H3,(H,25,27,28). The number of fused-ring (bicyclic) bond motifs is 1. The molecule has 0 radical (unpaired) electrons. The fraction of sp³-hybridized carbons (Fsp3) is 0.417. The zero-order chi connectivity index (χ0) is 22.3. The van der Waals surface area contributed by atoms with E-state index in [1.54, 1.807) is 12.3 Å². The van der Waals surface area contributed by atoms with Crippen LogP contribution < -0.4 is 5.32 Å². The van der Waals surface area contributed by atoms with E-state index in [0.29, 0.717) is 23.4 Å². The highest BCUT2D eigenvalue weighted by Crippen LogP contribution is 2.33. The number of carbonyl (C=O) groups is 2. The Hall–Kier alpha value is -2.45. The number of rotatable bonds is 9. The summed E-state index contributed by atoms with van der Waals surface area (Å²) < 4.78 is 4.94. The van der Waals surface area contributed by atoms with Crippen molar-refractivity contribution in [2.24, 2.45) is 5.92 Å². The van der Waals surface area contributed by atoms with Crippen LogP contribution in [0.2, 0.25) is 0 Å². The number of pyridine rings is 1. The second-order valence-electron chi connectivity index (χ2n) is 7.96. The molecule has 1 amide bonds. The SMILES string of the molecule is CCOC(=O)Cc1csc(NC(=O)CSc2nc3ccccc3cc2CC2CCCC2)n1. The molecule has 1 aliphatic carbocycles. The van der Waals surface area contributed by atoms with Gasteiger partial charge in [0.1, 0.15) is 5.03 Å². The minimum atomic E-state index is -0.316. The lowest BCUT2D eigenvalue weighted by Crippen LogP contribution is -2.14. The van der Waals surface area contributed by atoms with Crippen LogP contribution in [0.15, 0.2) is 40.7 Å². The number of thioether (sulfide) groups is 1. The van der Waals surface area contributed by atoms with Crippen molar-refractivity contribution in [2.45, 2.75) is 50.5 Å². The van der Waals surface area contributed by atoms with Gasteiger partial charge in [0.2, 0.25) is 5.91 Å². The molecule has 1 aliphatic rings. The number of thiazole rings is 1. The van der Waals surface area contributed by atoms with Crippen molar-refractivity contribution in [1.82, 2.24) is 9.97 Å². The van der Waals surface area contributed by atoms with E-state index in [1.165, 1.54) is 54.3 Å². The Kier molecular flexibility index (Phi) is 7.76. The van der Waals surface area contributed by atoms with Crippen LogP contribution >= 0.6 is 23.1 Å². The monoisotopic (exact) mass is 469 g/mol. The second kappa shape index (κ2) is 10.9. The number of hydrogen-bond acceptors (Lipinski definition) is 7. The molecule has 3 aromatic rings. The van der Waals surface area contributed by atoms with Crippen molar-refractivity contribution in [3.05, 3.63) is 47.0 Å². The van der Waals surface area contributed by atoms with E-state index in [9.17, 15) is 9.59 Å². The summed E-state index contributed by atoms with van der Waals surface area (Å²) in [6, 6.07) is 10.4. The highest BCUT2D eigenvalue weighted by atomic mass is 32.2. The van der Waals surface area contributed by atoms with E-state index in [-0.39, 0.29) is 24.1 Å². The molecule has 32 heavy (non-hydrogen) atoms. The number of anilines is 1. The number of nitrogens with one attached hydrogen (secondary N) is 1. The average molecular weight is 470 g/mol. The van der Waals surface area contributed by atoms with E-state index < -0.39 is 0 Å². The van der Waals surface area contributed by atoms with E-state index in [2.05, 4.69) is 22.4 Å². The van der Waals surface area contributed by atoms with Gasteiger partial charge >= 0.3 is 5.97 Å². The fourth-order valence-corrected chi connectivity index (χ4v) is 5.59. The summed E-state index contributed by atoms with van der Waals surface area (Å²) in [6.45, 7) is 2.11. The maximum atomic E-state index is 12.6. The summed E-state index contributed by atoms with van der Waals surface area (Å²) in [5.74, 6) is 0.520. The maximum Gasteiger partial charge on any atom is 0.311 e. The summed E-state index contributed by atoms with van der Waals surface area (Å²) in [7, 11) is 0. The topological polar surface area (TPSA) is 81.2 Å². The van der Waals surface area contributed by atoms with Gasteiger partial charge in [-0.15, -0.1) is 11.3 Å². The van der Waals surface area contributed by atoms with Crippen molar-refractivity contribution in [3.8, 4) is 0 Å². The molecule has 168 valence electrons. The smallest absolute Gasteiger partial charge is 0.311 e. The van der Waals surface area contributed by atoms with Crippen molar-refractivity contribution in [2.75, 3.05) is 17.7 Å². The van der Waals surface area contributed by atoms with Crippen molar-refractivity contribution in [1.29, 1.82) is 0 Å². The highest BCUT2D eigenvalue weighted by molar-refractivity contribution is 8.00. The summed E-state index contributed by atoms with van der Waals surface area (Å²) in [5, 5.41) is 7.18. The number of esters is 1. The first-order chi connectivity index (χ1) is 15.6. The number of para-hydroxylation sites is 1. The Bertz CT molecular complexity index is 1090. The Morgan fingerprint density at radius 1 is 1.22 bits per heavy atom. The van der Waals surface area contributed by atoms with Gasteiger partial charge in [-0.05, 0) is 37.0 Å². The lowest BCUT2D eigenvalue weighted by atomic mass is 9.98. The maximum absolute atomic E-state index is 12.6. The van der Waals surface area contributed by atoms with Gasteiger partial charge < -0.3 is 10.1 Å². The summed E-state index contributed by atoms with van der Waals surface area (Å²) in [5.41, 5.74) is 2.79. The van der Waals surface area contributed by atoms with Gasteiger partial charge in [-0.25, -0.2) is 9.97 Å². The molecule has 4 rings (SSSR count). The zero-order valence-corrected chi connectivity index (χ0v) is 19.8. The number of nitrogens with zero attached hydrogens (tertiary/aromatic N) is 2. The molecule has 1 saturated carbocycles. The normalized spacial score (nSPS) is 14.0. The van der Waals surface area contributed by atoms with Crippen molar-refractivity contribution >= 4 is 51.0 Å². The number of carbonyl (C=O) groups excluding carboxylic acids is 2. The highest BCUT2D eigenvalue weighted by Gasteiger charge is 2.19. The van der Waals surface area contributed by atoms with Gasteiger partial charge in [0.25, 0.3) is 0 Å². The van der Waals surface area contributed by atoms with Crippen LogP contribution in [0, 0.1) is 5.92 Å². The minimum absolute atomic E-state index is 0.112. The van der Waals surface area contributed by atoms with Crippen LogP contribution in [0.3, 0.4) is 0 Å². The molecule has 0 spiro atoms. The van der Waals surface area contributed by atoms with Crippen LogP contribution in [0.5, 0.6) is 0 Å². The Balaban J connectivity index is 1.40. The van der Waals surface area contributed by atoms with E-state index in [0.717, 1.165) is 22.3 Å². The summed E-state index contributed by atoms with van der Waals surface area (Å²) >= 11 is 2.79. The number of aromatic nitrogens is 2. The molecule has 0 saturated heterocycles. The van der Waals surface area contributed by atoms with E-state index in [4.69, 9.17) is 9.72 Å². The van der Waals surface area contributed by atoms with Crippen LogP contribution in [0.1, 0.15) is 43.9 Å². The van der Waals surface area contributed by atoms with Gasteiger partial charge in [0.05, 0.1) is 30.0 Å². The summed E-state index contributed by atoms with van der Waals surface area (Å²) in [6.07, 6.45) is 6.29. The number of benzene rings is 1. The van der Waals surface area contributed by atoms with Crippen LogP contribution in [-0.4, -0.2) is 34.2 Å². The third-order valence-corrected chi connectivity index (χ3v) is 7.36. The van der Waals surface area contributed by atoms with Gasteiger partial charge in [0, 0.05) is 10.8 Å². The summed E-state index contributed by atoms with van der Waals surface area (Å²) in [4.78, 5) is 33.3. The average Bonchev–Trinajstić information content (AvgIpc) is 3.44. The molecule has 0 bridgehead atoms. The largest absolute Gasteiger partial charge is 0.466 e. The molecule has 8 heteroatoms. The molecule has 2 aromatic heterocycles. The fourth-order valence-electron chi connectivity index (χ4n) is 4.03. The molecule has 6 nitrogen and oxygen atoms in total. The van der Waals surface area contributed by atoms with Crippen molar-refractivity contribution < 1.29 is 14.3 Å². The van der Waals surface area contributed by atoms with Crippen molar-refractivity contribution in [3.63, 3.8) is 0 Å². The van der Waals surface area contributed by atoms with Gasteiger partial charge in [0.15, 0.2) is 5.13 Å². The minimum Gasteiger partial charge on any atom is -0.466 e. The van der Waals surface area contributed by atoms with Gasteiger partial charge in [-0.1, -0.05) is 55.6 Å². The first kappa shape index (κ1) is 22.7. The molecule has 0 unspecified atom stereocenters. The second-order valence-corrected chi connectivity index (χ2v) is 9.78. The van der Waals surface area contributed by atoms with Crippen LogP contribution in [0.25, 0.3) is 10.9 Å². The number of amides is 1. The molecule has 0 aliphatic heterocycles. The zero-order valence-electron chi connectivity index (χ0n) is 18.1. The molecular formula is C24H27N3O3S2. The molecule has 1 N–H and O–H groups in total. The third kappa shape index (κ3) is 6.07. The number of hydrogen-bond donors (Lipinski definition) is 1. The predicted molar refractivity (Wildman–Crippen MR) is 129 cm³/mol. The Labute approximate surface area is 196 Å². The quantitative estimate of drug-likeness (QED) is 0.340. The van der Waals surface area contributed by atoms with Crippen LogP contribution in [0.4, 0.5) is 5.13 Å². The molecule has 0 atom stereocenters. The van der Waals surface area contributed by atoms with Gasteiger partial charge in [-0.2, -0.15) is 0 Å². The first-order valence-corrected chi connectivity index (χ1v) is 12.9. The van der Waals surface area contributed by atoms with E-state index >= 15 is 0 Å². The number of ether oxygens (including phenoxy) is 1. The predicted octanol–water partition coefficient (Wildman–Crippen LogP) is 5.26. The Morgan fingerprint density at radius 3 is 2.84 bits per heavy atom. The first-order valence-electron chi connectivity index (χ1n) is 11.0. The van der Waals surface area contributed by atoms with Crippen LogP contribution in [-0.2, 0) is 27.2 Å². The molecule has 1 fully saturated rings. The Morgan fingerprint density at radius 2 is 2.03 bits per heavy atom. The molecular weight excluding hydrogens is 442 g/mol. The van der Waals surface area contributed by atoms with E-state index in [1.807, 2.05) is 18.2 Å². The lowest BCUT2D eigenvalue weighted by Gasteiger charge is -2.14.